The number of carbonyl (C=O) groups excluding carboxylic acids is 2. The molecule has 2 atom stereocenters. The van der Waals surface area contributed by atoms with Crippen LogP contribution in [-0.2, 0) is 14.3 Å². The van der Waals surface area contributed by atoms with Gasteiger partial charge >= 0.3 is 5.97 Å². The quantitative estimate of drug-likeness (QED) is 0.0321. The molecule has 0 rings (SSSR count). The topological polar surface area (TPSA) is 95.9 Å². The molecule has 0 aliphatic rings. The Labute approximate surface area is 436 Å². The summed E-state index contributed by atoms with van der Waals surface area (Å²) in [4.78, 5) is 24.5. The minimum Gasteiger partial charge on any atom is -0.466 e. The second-order valence-electron chi connectivity index (χ2n) is 21.4. The summed E-state index contributed by atoms with van der Waals surface area (Å²) < 4.78 is 5.47. The summed E-state index contributed by atoms with van der Waals surface area (Å²) in [5.74, 6) is -0.0397. The Balaban J connectivity index is 3.43. The van der Waals surface area contributed by atoms with Crippen LogP contribution >= 0.6 is 0 Å². The summed E-state index contributed by atoms with van der Waals surface area (Å²) in [6, 6.07) is -0.546. The number of ether oxygens (including phenoxy) is 1. The second kappa shape index (κ2) is 59.6. The van der Waals surface area contributed by atoms with Crippen molar-refractivity contribution in [3.8, 4) is 0 Å². The molecule has 70 heavy (non-hydrogen) atoms. The minimum atomic E-state index is -0.668. The van der Waals surface area contributed by atoms with Gasteiger partial charge in [-0.05, 0) is 83.5 Å². The standard InChI is InChI=1S/C64H121NO5/c1-3-5-7-9-11-13-15-17-32-36-40-44-48-52-56-62(67)61(60-66)65-63(68)57-53-49-45-41-37-33-30-28-26-24-22-20-19-21-23-25-27-29-31-35-39-43-47-51-55-59-70-64(69)58-54-50-46-42-38-34-18-16-14-12-10-8-6-4-2/h16,18,20-23,61-62,66-67H,3-15,17,19,24-60H2,1-2H3,(H,65,68)/b18-16-,22-20-,23-21-. The van der Waals surface area contributed by atoms with Crippen LogP contribution in [0.2, 0.25) is 0 Å². The van der Waals surface area contributed by atoms with Crippen LogP contribution in [0.25, 0.3) is 0 Å². The molecular formula is C64H121NO5. The molecule has 3 N–H and O–H groups in total. The van der Waals surface area contributed by atoms with Gasteiger partial charge in [-0.3, -0.25) is 9.59 Å². The first kappa shape index (κ1) is 68.1. The van der Waals surface area contributed by atoms with Gasteiger partial charge in [-0.15, -0.1) is 0 Å². The van der Waals surface area contributed by atoms with E-state index in [9.17, 15) is 19.8 Å². The summed E-state index contributed by atoms with van der Waals surface area (Å²) in [7, 11) is 0. The van der Waals surface area contributed by atoms with Crippen LogP contribution < -0.4 is 5.32 Å². The van der Waals surface area contributed by atoms with Gasteiger partial charge in [0, 0.05) is 12.8 Å². The van der Waals surface area contributed by atoms with E-state index in [-0.39, 0.29) is 18.5 Å². The van der Waals surface area contributed by atoms with Gasteiger partial charge in [-0.25, -0.2) is 0 Å². The van der Waals surface area contributed by atoms with Gasteiger partial charge in [0.15, 0.2) is 0 Å². The van der Waals surface area contributed by atoms with E-state index in [0.29, 0.717) is 25.9 Å². The van der Waals surface area contributed by atoms with E-state index in [1.54, 1.807) is 0 Å². The summed E-state index contributed by atoms with van der Waals surface area (Å²) in [6.45, 7) is 4.94. The fourth-order valence-electron chi connectivity index (χ4n) is 9.61. The maximum atomic E-state index is 12.5. The van der Waals surface area contributed by atoms with Crippen LogP contribution in [0.15, 0.2) is 36.5 Å². The van der Waals surface area contributed by atoms with Crippen LogP contribution in [0.3, 0.4) is 0 Å². The first-order valence-corrected chi connectivity index (χ1v) is 31.2. The third kappa shape index (κ3) is 55.4. The zero-order valence-corrected chi connectivity index (χ0v) is 47.0. The predicted octanol–water partition coefficient (Wildman–Crippen LogP) is 19.6. The van der Waals surface area contributed by atoms with Crippen molar-refractivity contribution in [3.63, 3.8) is 0 Å². The predicted molar refractivity (Wildman–Crippen MR) is 306 cm³/mol. The number of esters is 1. The Hall–Kier alpha value is -1.92. The molecule has 6 nitrogen and oxygen atoms in total. The number of unbranched alkanes of at least 4 members (excludes halogenated alkanes) is 41. The number of rotatable bonds is 58. The van der Waals surface area contributed by atoms with E-state index in [1.165, 1.54) is 250 Å². The molecule has 0 aliphatic heterocycles. The van der Waals surface area contributed by atoms with E-state index in [2.05, 4.69) is 55.6 Å². The smallest absolute Gasteiger partial charge is 0.305 e. The van der Waals surface area contributed by atoms with E-state index >= 15 is 0 Å². The highest BCUT2D eigenvalue weighted by atomic mass is 16.5. The van der Waals surface area contributed by atoms with Crippen molar-refractivity contribution in [1.29, 1.82) is 0 Å². The van der Waals surface area contributed by atoms with Crippen molar-refractivity contribution in [3.05, 3.63) is 36.5 Å². The van der Waals surface area contributed by atoms with Crippen molar-refractivity contribution >= 4 is 11.9 Å². The molecule has 0 radical (unpaired) electrons. The average molecular weight is 985 g/mol. The largest absolute Gasteiger partial charge is 0.466 e. The van der Waals surface area contributed by atoms with E-state index in [0.717, 1.165) is 51.4 Å². The lowest BCUT2D eigenvalue weighted by Gasteiger charge is -2.22. The van der Waals surface area contributed by atoms with Crippen LogP contribution in [0, 0.1) is 0 Å². The molecule has 2 unspecified atom stereocenters. The lowest BCUT2D eigenvalue weighted by Crippen LogP contribution is -2.45. The fraction of sp³-hybridized carbons (Fsp3) is 0.875. The molecule has 0 bridgehead atoms. The monoisotopic (exact) mass is 984 g/mol. The Bertz CT molecular complexity index is 1130. The lowest BCUT2D eigenvalue weighted by atomic mass is 10.0. The second-order valence-corrected chi connectivity index (χ2v) is 21.4. The van der Waals surface area contributed by atoms with Crippen molar-refractivity contribution < 1.29 is 24.5 Å². The SMILES string of the molecule is CCCCCCC/C=C\CCCCCCCC(=O)OCCCCCCCCCCC/C=C\C/C=C\CCCCCCCCCCCC(=O)NC(CO)C(O)CCCCCCCCCCCCCCCC. The van der Waals surface area contributed by atoms with Crippen LogP contribution in [0.1, 0.15) is 335 Å². The molecule has 0 aliphatic carbocycles. The van der Waals surface area contributed by atoms with Crippen molar-refractivity contribution in [2.75, 3.05) is 13.2 Å². The summed E-state index contributed by atoms with van der Waals surface area (Å²) in [5.41, 5.74) is 0. The maximum Gasteiger partial charge on any atom is 0.305 e. The molecule has 0 saturated carbocycles. The molecule has 0 saturated heterocycles. The molecular weight excluding hydrogens is 863 g/mol. The van der Waals surface area contributed by atoms with E-state index in [4.69, 9.17) is 4.74 Å². The van der Waals surface area contributed by atoms with E-state index in [1.807, 2.05) is 0 Å². The molecule has 1 amide bonds. The first-order chi connectivity index (χ1) is 34.5. The zero-order valence-electron chi connectivity index (χ0n) is 47.0. The Morgan fingerprint density at radius 2 is 0.714 bits per heavy atom. The van der Waals surface area contributed by atoms with Crippen LogP contribution in [0.5, 0.6) is 0 Å². The molecule has 0 aromatic rings. The van der Waals surface area contributed by atoms with E-state index < -0.39 is 12.1 Å². The highest BCUT2D eigenvalue weighted by molar-refractivity contribution is 5.76. The third-order valence-electron chi connectivity index (χ3n) is 14.4. The number of hydrogen-bond donors (Lipinski definition) is 3. The highest BCUT2D eigenvalue weighted by Gasteiger charge is 2.20. The minimum absolute atomic E-state index is 0.000462. The van der Waals surface area contributed by atoms with Gasteiger partial charge in [0.1, 0.15) is 0 Å². The molecule has 0 aromatic heterocycles. The maximum absolute atomic E-state index is 12.5. The van der Waals surface area contributed by atoms with Crippen LogP contribution in [-0.4, -0.2) is 47.4 Å². The number of amides is 1. The number of hydrogen-bond acceptors (Lipinski definition) is 5. The van der Waals surface area contributed by atoms with Gasteiger partial charge in [-0.2, -0.15) is 0 Å². The van der Waals surface area contributed by atoms with Crippen molar-refractivity contribution in [2.45, 2.75) is 347 Å². The first-order valence-electron chi connectivity index (χ1n) is 31.2. The van der Waals surface area contributed by atoms with Gasteiger partial charge < -0.3 is 20.3 Å². The van der Waals surface area contributed by atoms with Gasteiger partial charge in [-0.1, -0.05) is 275 Å². The Kier molecular flexibility index (Phi) is 58.0. The van der Waals surface area contributed by atoms with Crippen molar-refractivity contribution in [2.24, 2.45) is 0 Å². The summed E-state index contributed by atoms with van der Waals surface area (Å²) in [6.07, 6.45) is 74.4. The van der Waals surface area contributed by atoms with Gasteiger partial charge in [0.2, 0.25) is 5.91 Å². The van der Waals surface area contributed by atoms with Gasteiger partial charge in [0.05, 0.1) is 25.4 Å². The number of allylic oxidation sites excluding steroid dienone is 6. The normalized spacial score (nSPS) is 12.8. The number of carbonyl (C=O) groups is 2. The molecule has 6 heteroatoms. The Morgan fingerprint density at radius 1 is 0.400 bits per heavy atom. The summed E-state index contributed by atoms with van der Waals surface area (Å²) in [5, 5.41) is 23.3. The molecule has 412 valence electrons. The number of aliphatic hydroxyl groups excluding tert-OH is 2. The zero-order chi connectivity index (χ0) is 50.7. The summed E-state index contributed by atoms with van der Waals surface area (Å²) >= 11 is 0. The fourth-order valence-corrected chi connectivity index (χ4v) is 9.61. The average Bonchev–Trinajstić information content (AvgIpc) is 3.36. The number of aliphatic hydroxyl groups is 2. The molecule has 0 aromatic carbocycles. The third-order valence-corrected chi connectivity index (χ3v) is 14.4. The van der Waals surface area contributed by atoms with Gasteiger partial charge in [0.25, 0.3) is 0 Å². The molecule has 0 spiro atoms. The Morgan fingerprint density at radius 3 is 1.10 bits per heavy atom. The van der Waals surface area contributed by atoms with Crippen molar-refractivity contribution in [1.82, 2.24) is 5.32 Å². The lowest BCUT2D eigenvalue weighted by molar-refractivity contribution is -0.143. The molecule has 0 heterocycles. The molecule has 0 fully saturated rings. The van der Waals surface area contributed by atoms with Crippen LogP contribution in [0.4, 0.5) is 0 Å². The highest BCUT2D eigenvalue weighted by Crippen LogP contribution is 2.17. The number of nitrogens with one attached hydrogen (secondary N) is 1.